The van der Waals surface area contributed by atoms with Gasteiger partial charge in [-0.25, -0.2) is 0 Å². The van der Waals surface area contributed by atoms with Crippen molar-refractivity contribution in [2.75, 3.05) is 4.90 Å². The fourth-order valence-corrected chi connectivity index (χ4v) is 11.8. The number of benzene rings is 10. The van der Waals surface area contributed by atoms with E-state index in [2.05, 4.69) is 304 Å². The van der Waals surface area contributed by atoms with Gasteiger partial charge in [-0.15, -0.1) is 0 Å². The van der Waals surface area contributed by atoms with Crippen molar-refractivity contribution >= 4 is 71.2 Å². The van der Waals surface area contributed by atoms with Crippen LogP contribution in [-0.4, -0.2) is 4.57 Å². The summed E-state index contributed by atoms with van der Waals surface area (Å²) < 4.78 is 2.54. The highest BCUT2D eigenvalue weighted by molar-refractivity contribution is 6.27. The molecule has 2 heteroatoms. The highest BCUT2D eigenvalue weighted by Crippen LogP contribution is 2.50. The predicted molar refractivity (Wildman–Crippen MR) is 342 cm³/mol. The zero-order valence-corrected chi connectivity index (χ0v) is 50.1. The molecule has 0 unspecified atom stereocenters. The Balaban J connectivity index is 1.18. The van der Waals surface area contributed by atoms with Gasteiger partial charge < -0.3 is 9.47 Å². The van der Waals surface area contributed by atoms with Crippen molar-refractivity contribution in [1.82, 2.24) is 4.57 Å². The monoisotopic (exact) mass is 1020 g/mol. The van der Waals surface area contributed by atoms with Gasteiger partial charge in [-0.05, 0) is 171 Å². The van der Waals surface area contributed by atoms with Gasteiger partial charge in [0.15, 0.2) is 0 Å². The first-order chi connectivity index (χ1) is 36.4. The maximum absolute atomic E-state index is 2.54. The third-order valence-corrected chi connectivity index (χ3v) is 16.8. The summed E-state index contributed by atoms with van der Waals surface area (Å²) in [5, 5.41) is 10.1. The van der Waals surface area contributed by atoms with E-state index < -0.39 is 0 Å². The minimum Gasteiger partial charge on any atom is -0.309 e. The van der Waals surface area contributed by atoms with Gasteiger partial charge in [-0.2, -0.15) is 0 Å². The summed E-state index contributed by atoms with van der Waals surface area (Å²) in [7, 11) is 0. The van der Waals surface area contributed by atoms with Gasteiger partial charge in [-0.1, -0.05) is 228 Å². The third-order valence-electron chi connectivity index (χ3n) is 16.8. The third kappa shape index (κ3) is 9.37. The van der Waals surface area contributed by atoms with Crippen LogP contribution in [0.3, 0.4) is 0 Å². The second-order valence-corrected chi connectivity index (χ2v) is 28.9. The van der Waals surface area contributed by atoms with Crippen LogP contribution in [0.4, 0.5) is 17.1 Å². The molecule has 396 valence electrons. The van der Waals surface area contributed by atoms with Crippen LogP contribution < -0.4 is 4.90 Å². The highest BCUT2D eigenvalue weighted by atomic mass is 15.1. The van der Waals surface area contributed by atoms with Gasteiger partial charge in [-0.3, -0.25) is 0 Å². The quantitative estimate of drug-likeness (QED) is 0.151. The molecule has 0 aliphatic heterocycles. The minimum absolute atomic E-state index is 0.00883. The van der Waals surface area contributed by atoms with Crippen LogP contribution in [0.25, 0.3) is 82.1 Å². The van der Waals surface area contributed by atoms with Crippen LogP contribution >= 0.6 is 0 Å². The molecule has 2 nitrogen and oxygen atoms in total. The van der Waals surface area contributed by atoms with Gasteiger partial charge in [0.05, 0.1) is 28.1 Å². The predicted octanol–water partition coefficient (Wildman–Crippen LogP) is 22.3. The standard InChI is InChI=1S/C76H82N2/c1-71(2,3)52-28-35-66(61(44-52)51-38-49(39-55(42-51)74(10,11)12)50-40-56(75(13,14)15)43-57(41-50)76(16,17)18)77(58-22-20-19-21-23-58)64-33-26-47-25-32-60-65(34-27-48-24-31-59(64)69(47)70(48)60)78-67-36-29-53(72(4,5)6)45-62(67)63-46-54(73(7,8)9)30-37-68(63)78/h19-46H,1-18H3. The first-order valence-corrected chi connectivity index (χ1v) is 28.6. The SMILES string of the molecule is CC(C)(C)c1cc(-c2cc(C(C)(C)C)cc(C(C)(C)C)c2)cc(-c2cc(C(C)(C)C)ccc2N(c2ccccc2)c2ccc3ccc4c(-n5c6ccc(C(C)(C)C)cc6c6cc(C(C)(C)C)ccc65)ccc5ccc2c3c54)c1. The number of aromatic nitrogens is 1. The normalized spacial score (nSPS) is 13.3. The molecule has 1 heterocycles. The molecule has 11 aromatic rings. The van der Waals surface area contributed by atoms with E-state index in [0.717, 1.165) is 17.1 Å². The van der Waals surface area contributed by atoms with Gasteiger partial charge in [0.25, 0.3) is 0 Å². The van der Waals surface area contributed by atoms with E-state index in [0.29, 0.717) is 0 Å². The molecular weight excluding hydrogens is 941 g/mol. The Hall–Kier alpha value is -7.16. The van der Waals surface area contributed by atoms with Gasteiger partial charge >= 0.3 is 0 Å². The van der Waals surface area contributed by atoms with E-state index in [1.807, 2.05) is 0 Å². The molecule has 78 heavy (non-hydrogen) atoms. The summed E-state index contributed by atoms with van der Waals surface area (Å²) in [5.41, 5.74) is 19.9. The van der Waals surface area contributed by atoms with Gasteiger partial charge in [0.1, 0.15) is 0 Å². The molecule has 0 amide bonds. The molecule has 0 aliphatic rings. The fraction of sp³-hybridized carbons (Fsp3) is 0.316. The van der Waals surface area contributed by atoms with E-state index in [9.17, 15) is 0 Å². The smallest absolute Gasteiger partial charge is 0.0541 e. The van der Waals surface area contributed by atoms with Crippen molar-refractivity contribution in [1.29, 1.82) is 0 Å². The Labute approximate surface area is 466 Å². The number of para-hydroxylation sites is 1. The molecule has 11 rings (SSSR count). The Morgan fingerprint density at radius 3 is 1.23 bits per heavy atom. The molecule has 0 bridgehead atoms. The summed E-state index contributed by atoms with van der Waals surface area (Å²) in [5.74, 6) is 0. The lowest BCUT2D eigenvalue weighted by Crippen LogP contribution is -2.17. The van der Waals surface area contributed by atoms with Crippen molar-refractivity contribution in [3.05, 3.63) is 203 Å². The van der Waals surface area contributed by atoms with E-state index in [1.54, 1.807) is 0 Å². The number of nitrogens with zero attached hydrogens (tertiary/aromatic N) is 2. The van der Waals surface area contributed by atoms with Crippen molar-refractivity contribution in [2.45, 2.75) is 157 Å². The van der Waals surface area contributed by atoms with Crippen molar-refractivity contribution < 1.29 is 0 Å². The number of hydrogen-bond donors (Lipinski definition) is 0. The molecule has 0 aliphatic carbocycles. The summed E-state index contributed by atoms with van der Waals surface area (Å²) in [6, 6.07) is 66.3. The molecule has 0 atom stereocenters. The summed E-state index contributed by atoms with van der Waals surface area (Å²) in [6.45, 7) is 42.0. The second kappa shape index (κ2) is 18.2. The zero-order valence-electron chi connectivity index (χ0n) is 50.1. The van der Waals surface area contributed by atoms with Crippen LogP contribution in [0.1, 0.15) is 158 Å². The summed E-state index contributed by atoms with van der Waals surface area (Å²) in [4.78, 5) is 2.54. The van der Waals surface area contributed by atoms with Crippen molar-refractivity contribution in [2.24, 2.45) is 0 Å². The average Bonchev–Trinajstić information content (AvgIpc) is 3.89. The summed E-state index contributed by atoms with van der Waals surface area (Å²) in [6.07, 6.45) is 0. The number of rotatable bonds is 6. The van der Waals surface area contributed by atoms with Crippen LogP contribution in [0, 0.1) is 0 Å². The lowest BCUT2D eigenvalue weighted by molar-refractivity contribution is 0.569. The topological polar surface area (TPSA) is 8.17 Å². The molecule has 0 spiro atoms. The first kappa shape index (κ1) is 52.9. The van der Waals surface area contributed by atoms with Gasteiger partial charge in [0.2, 0.25) is 0 Å². The van der Waals surface area contributed by atoms with Crippen LogP contribution in [-0.2, 0) is 32.5 Å². The molecule has 0 saturated carbocycles. The number of hydrogen-bond acceptors (Lipinski definition) is 1. The maximum atomic E-state index is 2.54. The molecule has 1 aromatic heterocycles. The fourth-order valence-electron chi connectivity index (χ4n) is 11.8. The molecule has 0 radical (unpaired) electrons. The first-order valence-electron chi connectivity index (χ1n) is 28.6. The maximum Gasteiger partial charge on any atom is 0.0541 e. The minimum atomic E-state index is -0.102. The second-order valence-electron chi connectivity index (χ2n) is 28.9. The highest BCUT2D eigenvalue weighted by Gasteiger charge is 2.28. The number of fused-ring (bicyclic) bond motifs is 3. The van der Waals surface area contributed by atoms with Gasteiger partial charge in [0, 0.05) is 32.8 Å². The largest absolute Gasteiger partial charge is 0.309 e. The Morgan fingerprint density at radius 2 is 0.705 bits per heavy atom. The van der Waals surface area contributed by atoms with E-state index in [4.69, 9.17) is 0 Å². The van der Waals surface area contributed by atoms with Crippen LogP contribution in [0.5, 0.6) is 0 Å². The van der Waals surface area contributed by atoms with E-state index in [-0.39, 0.29) is 32.5 Å². The van der Waals surface area contributed by atoms with E-state index in [1.165, 1.54) is 115 Å². The molecule has 0 N–H and O–H groups in total. The van der Waals surface area contributed by atoms with Crippen LogP contribution in [0.2, 0.25) is 0 Å². The van der Waals surface area contributed by atoms with Crippen molar-refractivity contribution in [3.8, 4) is 27.9 Å². The molecular formula is C76H82N2. The Kier molecular flexibility index (Phi) is 12.3. The Bertz CT molecular complexity index is 4010. The lowest BCUT2D eigenvalue weighted by atomic mass is 9.77. The van der Waals surface area contributed by atoms with Crippen molar-refractivity contribution in [3.63, 3.8) is 0 Å². The summed E-state index contributed by atoms with van der Waals surface area (Å²) >= 11 is 0. The average molecular weight is 1020 g/mol. The molecule has 0 saturated heterocycles. The number of anilines is 3. The zero-order chi connectivity index (χ0) is 55.8. The molecule has 10 aromatic carbocycles. The lowest BCUT2D eigenvalue weighted by Gasteiger charge is -2.32. The van der Waals surface area contributed by atoms with Crippen LogP contribution in [0.15, 0.2) is 170 Å². The molecule has 0 fully saturated rings. The Morgan fingerprint density at radius 1 is 0.295 bits per heavy atom. The van der Waals surface area contributed by atoms with E-state index >= 15 is 0 Å².